The molecule has 0 unspecified atom stereocenters. The molecule has 1 aliphatic heterocycles. The Balaban J connectivity index is 1.88. The minimum atomic E-state index is -0.188. The summed E-state index contributed by atoms with van der Waals surface area (Å²) in [4.78, 5) is 0. The average molecular weight is 262 g/mol. The number of rotatable bonds is 3. The lowest BCUT2D eigenvalue weighted by molar-refractivity contribution is -0.702. The Morgan fingerprint density at radius 1 is 1.22 bits per heavy atom. The van der Waals surface area contributed by atoms with Gasteiger partial charge in [0.05, 0.1) is 18.6 Å². The van der Waals surface area contributed by atoms with E-state index in [1.54, 1.807) is 11.3 Å². The molecule has 0 atom stereocenters. The van der Waals surface area contributed by atoms with Gasteiger partial charge in [0.25, 0.3) is 11.3 Å². The Kier molecular flexibility index (Phi) is 3.41. The first-order valence-electron chi connectivity index (χ1n) is 6.09. The molecule has 18 heavy (non-hydrogen) atoms. The van der Waals surface area contributed by atoms with E-state index in [0.717, 1.165) is 11.6 Å². The first-order chi connectivity index (χ1) is 8.84. The van der Waals surface area contributed by atoms with Gasteiger partial charge in [-0.3, -0.25) is 0 Å². The molecule has 2 aromatic rings. The Labute approximate surface area is 111 Å². The maximum atomic E-state index is 5.60. The van der Waals surface area contributed by atoms with Gasteiger partial charge in [-0.05, 0) is 0 Å². The van der Waals surface area contributed by atoms with Gasteiger partial charge in [-0.1, -0.05) is 41.7 Å². The smallest absolute Gasteiger partial charge is 0.295 e. The molecule has 0 bridgehead atoms. The molecule has 1 aromatic heterocycles. The van der Waals surface area contributed by atoms with Gasteiger partial charge in [0.15, 0.2) is 12.2 Å². The zero-order chi connectivity index (χ0) is 12.4. The lowest BCUT2D eigenvalue weighted by Crippen LogP contribution is -2.40. The van der Waals surface area contributed by atoms with Gasteiger partial charge < -0.3 is 9.47 Å². The molecule has 3 nitrogen and oxygen atoms in total. The molecule has 0 N–H and O–H groups in total. The molecule has 0 radical (unpaired) electrons. The van der Waals surface area contributed by atoms with Crippen molar-refractivity contribution < 1.29 is 14.0 Å². The molecule has 94 valence electrons. The molecule has 0 aliphatic carbocycles. The second-order valence-electron chi connectivity index (χ2n) is 4.36. The molecular weight excluding hydrogens is 246 g/mol. The van der Waals surface area contributed by atoms with E-state index in [2.05, 4.69) is 41.1 Å². The van der Waals surface area contributed by atoms with Gasteiger partial charge in [-0.25, -0.2) is 0 Å². The predicted molar refractivity (Wildman–Crippen MR) is 69.4 cm³/mol. The summed E-state index contributed by atoms with van der Waals surface area (Å²) in [7, 11) is 0. The zero-order valence-electron chi connectivity index (χ0n) is 10.3. The van der Waals surface area contributed by atoms with Crippen LogP contribution in [0.5, 0.6) is 0 Å². The second kappa shape index (κ2) is 5.18. The number of ether oxygens (including phenoxy) is 2. The average Bonchev–Trinajstić information content (AvgIpc) is 3.02. The van der Waals surface area contributed by atoms with Crippen LogP contribution < -0.4 is 4.57 Å². The highest BCUT2D eigenvalue weighted by molar-refractivity contribution is 7.09. The molecule has 0 amide bonds. The van der Waals surface area contributed by atoms with E-state index in [0.29, 0.717) is 13.2 Å². The monoisotopic (exact) mass is 262 g/mol. The van der Waals surface area contributed by atoms with Gasteiger partial charge >= 0.3 is 0 Å². The number of aromatic nitrogens is 1. The lowest BCUT2D eigenvalue weighted by atomic mass is 10.2. The number of hydrogen-bond acceptors (Lipinski definition) is 3. The molecule has 4 heteroatoms. The van der Waals surface area contributed by atoms with Gasteiger partial charge in [0.2, 0.25) is 0 Å². The van der Waals surface area contributed by atoms with Crippen LogP contribution in [0.15, 0.2) is 35.7 Å². The third-order valence-electron chi connectivity index (χ3n) is 3.05. The molecule has 1 saturated heterocycles. The molecule has 1 aromatic carbocycles. The summed E-state index contributed by atoms with van der Waals surface area (Å²) in [5, 5.41) is 3.30. The van der Waals surface area contributed by atoms with Crippen LogP contribution in [0.4, 0.5) is 0 Å². The summed E-state index contributed by atoms with van der Waals surface area (Å²) in [6.45, 7) is 4.37. The highest BCUT2D eigenvalue weighted by Gasteiger charge is 2.30. The maximum absolute atomic E-state index is 5.60. The highest BCUT2D eigenvalue weighted by atomic mass is 32.1. The fourth-order valence-electron chi connectivity index (χ4n) is 2.10. The molecule has 3 rings (SSSR count). The normalized spacial score (nSPS) is 16.3. The van der Waals surface area contributed by atoms with Crippen molar-refractivity contribution in [2.24, 2.45) is 0 Å². The summed E-state index contributed by atoms with van der Waals surface area (Å²) in [5.41, 5.74) is 2.54. The molecule has 1 fully saturated rings. The van der Waals surface area contributed by atoms with Gasteiger partial charge in [-0.15, -0.1) is 0 Å². The van der Waals surface area contributed by atoms with Crippen molar-refractivity contribution in [2.75, 3.05) is 13.2 Å². The third kappa shape index (κ3) is 2.32. The SMILES string of the molecule is Cc1csc(C2OCCO2)[n+]1Cc1ccccc1. The quantitative estimate of drug-likeness (QED) is 0.793. The Bertz CT molecular complexity index is 518. The number of hydrogen-bond donors (Lipinski definition) is 0. The van der Waals surface area contributed by atoms with Crippen LogP contribution in [-0.4, -0.2) is 13.2 Å². The lowest BCUT2D eigenvalue weighted by Gasteiger charge is -2.05. The topological polar surface area (TPSA) is 22.3 Å². The van der Waals surface area contributed by atoms with E-state index in [1.807, 2.05) is 6.07 Å². The fraction of sp³-hybridized carbons (Fsp3) is 0.357. The summed E-state index contributed by atoms with van der Waals surface area (Å²) >= 11 is 1.71. The van der Waals surface area contributed by atoms with Crippen molar-refractivity contribution >= 4 is 11.3 Å². The maximum Gasteiger partial charge on any atom is 0.295 e. The van der Waals surface area contributed by atoms with Crippen LogP contribution in [0, 0.1) is 6.92 Å². The second-order valence-corrected chi connectivity index (χ2v) is 5.25. The number of nitrogens with zero attached hydrogens (tertiary/aromatic N) is 1. The van der Waals surface area contributed by atoms with E-state index in [-0.39, 0.29) is 6.29 Å². The summed E-state index contributed by atoms with van der Waals surface area (Å²) in [6.07, 6.45) is -0.188. The molecule has 0 spiro atoms. The molecule has 0 saturated carbocycles. The summed E-state index contributed by atoms with van der Waals surface area (Å²) in [6, 6.07) is 10.5. The van der Waals surface area contributed by atoms with Crippen molar-refractivity contribution in [1.82, 2.24) is 0 Å². The largest absolute Gasteiger partial charge is 0.341 e. The van der Waals surface area contributed by atoms with Crippen LogP contribution in [0.2, 0.25) is 0 Å². The van der Waals surface area contributed by atoms with Crippen LogP contribution in [0.25, 0.3) is 0 Å². The summed E-state index contributed by atoms with van der Waals surface area (Å²) in [5.74, 6) is 0. The predicted octanol–water partition coefficient (Wildman–Crippen LogP) is 2.44. The van der Waals surface area contributed by atoms with Crippen molar-refractivity contribution in [1.29, 1.82) is 0 Å². The molecule has 1 aliphatic rings. The van der Waals surface area contributed by atoms with E-state index in [9.17, 15) is 0 Å². The van der Waals surface area contributed by atoms with E-state index < -0.39 is 0 Å². The molecular formula is C14H16NO2S+. The fourth-order valence-corrected chi connectivity index (χ4v) is 3.10. The van der Waals surface area contributed by atoms with Gasteiger partial charge in [0, 0.05) is 12.5 Å². The van der Waals surface area contributed by atoms with Crippen molar-refractivity contribution in [2.45, 2.75) is 19.8 Å². The van der Waals surface area contributed by atoms with Crippen molar-refractivity contribution in [3.63, 3.8) is 0 Å². The van der Waals surface area contributed by atoms with Crippen LogP contribution >= 0.6 is 11.3 Å². The summed E-state index contributed by atoms with van der Waals surface area (Å²) < 4.78 is 13.5. The third-order valence-corrected chi connectivity index (χ3v) is 4.16. The minimum Gasteiger partial charge on any atom is -0.341 e. The zero-order valence-corrected chi connectivity index (χ0v) is 11.2. The van der Waals surface area contributed by atoms with Crippen LogP contribution in [0.3, 0.4) is 0 Å². The minimum absolute atomic E-state index is 0.188. The van der Waals surface area contributed by atoms with Crippen LogP contribution in [0.1, 0.15) is 22.6 Å². The van der Waals surface area contributed by atoms with Gasteiger partial charge in [0.1, 0.15) is 0 Å². The number of thiazole rings is 1. The highest BCUT2D eigenvalue weighted by Crippen LogP contribution is 2.25. The van der Waals surface area contributed by atoms with E-state index in [4.69, 9.17) is 9.47 Å². The Morgan fingerprint density at radius 2 is 1.94 bits per heavy atom. The van der Waals surface area contributed by atoms with Crippen molar-refractivity contribution in [3.8, 4) is 0 Å². The Morgan fingerprint density at radius 3 is 2.67 bits per heavy atom. The van der Waals surface area contributed by atoms with Crippen molar-refractivity contribution in [3.05, 3.63) is 52.0 Å². The first kappa shape index (κ1) is 11.8. The molecule has 2 heterocycles. The number of benzene rings is 1. The standard InChI is InChI=1S/C14H16NO2S/c1-11-10-18-13(14-16-7-8-17-14)15(11)9-12-5-3-2-4-6-12/h2-6,10,14H,7-9H2,1H3/q+1. The van der Waals surface area contributed by atoms with E-state index >= 15 is 0 Å². The van der Waals surface area contributed by atoms with E-state index in [1.165, 1.54) is 11.3 Å². The Hall–Kier alpha value is -1.23. The number of aryl methyl sites for hydroxylation is 1. The van der Waals surface area contributed by atoms with Gasteiger partial charge in [-0.2, -0.15) is 4.57 Å². The first-order valence-corrected chi connectivity index (χ1v) is 6.97. The van der Waals surface area contributed by atoms with Crippen LogP contribution in [-0.2, 0) is 16.0 Å².